The summed E-state index contributed by atoms with van der Waals surface area (Å²) < 4.78 is 0. The number of aryl methyl sites for hydroxylation is 1. The van der Waals surface area contributed by atoms with Crippen molar-refractivity contribution in [1.82, 2.24) is 0 Å². The highest BCUT2D eigenvalue weighted by atomic mass is 16.2. The number of imide groups is 1. The number of nitrogens with zero attached hydrogens (tertiary/aromatic N) is 1. The largest absolute Gasteiger partial charge is 0.332 e. The molecule has 3 heterocycles. The van der Waals surface area contributed by atoms with Crippen molar-refractivity contribution < 1.29 is 19.4 Å². The van der Waals surface area contributed by atoms with Crippen LogP contribution in [0.4, 0.5) is 5.69 Å². The van der Waals surface area contributed by atoms with Gasteiger partial charge in [0.05, 0.1) is 44.3 Å². The molecule has 0 spiro atoms. The first-order valence-electron chi connectivity index (χ1n) is 10.3. The lowest BCUT2D eigenvalue weighted by Crippen LogP contribution is -3.22. The summed E-state index contributed by atoms with van der Waals surface area (Å²) in [6.07, 6.45) is 6.86. The molecule has 0 aromatic heterocycles. The van der Waals surface area contributed by atoms with E-state index in [1.807, 2.05) is 31.2 Å². The second-order valence-corrected chi connectivity index (χ2v) is 8.31. The minimum Gasteiger partial charge on any atom is -0.332 e. The quantitative estimate of drug-likeness (QED) is 0.733. The molecular formula is C21H31N3O2+2. The summed E-state index contributed by atoms with van der Waals surface area (Å²) in [6.45, 7) is 6.71. The summed E-state index contributed by atoms with van der Waals surface area (Å²) in [5.41, 5.74) is 1.86. The highest BCUT2D eigenvalue weighted by Crippen LogP contribution is 2.22. The van der Waals surface area contributed by atoms with Crippen molar-refractivity contribution >= 4 is 17.5 Å². The fraction of sp³-hybridized carbons (Fsp3) is 0.619. The molecule has 3 saturated heterocycles. The molecule has 5 nitrogen and oxygen atoms in total. The number of hydrogen-bond acceptors (Lipinski definition) is 2. The molecule has 2 N–H and O–H groups in total. The molecule has 3 fully saturated rings. The van der Waals surface area contributed by atoms with Crippen LogP contribution in [0.15, 0.2) is 24.3 Å². The zero-order valence-electron chi connectivity index (χ0n) is 15.8. The summed E-state index contributed by atoms with van der Waals surface area (Å²) in [5, 5.41) is 0. The van der Waals surface area contributed by atoms with Gasteiger partial charge < -0.3 is 9.80 Å². The van der Waals surface area contributed by atoms with Crippen LogP contribution >= 0.6 is 0 Å². The van der Waals surface area contributed by atoms with E-state index < -0.39 is 0 Å². The summed E-state index contributed by atoms with van der Waals surface area (Å²) in [4.78, 5) is 30.0. The number of rotatable bonds is 3. The smallest absolute Gasteiger partial charge is 0.292 e. The van der Waals surface area contributed by atoms with Crippen LogP contribution in [0.2, 0.25) is 0 Å². The van der Waals surface area contributed by atoms with E-state index in [0.29, 0.717) is 6.42 Å². The van der Waals surface area contributed by atoms with E-state index in [2.05, 4.69) is 0 Å². The number of benzene rings is 1. The Morgan fingerprint density at radius 3 is 2.19 bits per heavy atom. The van der Waals surface area contributed by atoms with Gasteiger partial charge in [-0.05, 0) is 38.3 Å². The van der Waals surface area contributed by atoms with Gasteiger partial charge in [-0.15, -0.1) is 0 Å². The molecule has 26 heavy (non-hydrogen) atoms. The first-order chi connectivity index (χ1) is 12.6. The monoisotopic (exact) mass is 357 g/mol. The van der Waals surface area contributed by atoms with Crippen LogP contribution in [0.1, 0.15) is 44.1 Å². The highest BCUT2D eigenvalue weighted by molar-refractivity contribution is 6.21. The molecule has 3 aliphatic heterocycles. The second kappa shape index (κ2) is 7.49. The van der Waals surface area contributed by atoms with E-state index >= 15 is 0 Å². The number of carbonyl (C=O) groups excluding carboxylic acids is 2. The molecule has 1 aromatic rings. The van der Waals surface area contributed by atoms with Gasteiger partial charge in [0, 0.05) is 12.8 Å². The lowest BCUT2D eigenvalue weighted by Gasteiger charge is -2.37. The van der Waals surface area contributed by atoms with Crippen molar-refractivity contribution in [3.05, 3.63) is 29.8 Å². The van der Waals surface area contributed by atoms with Gasteiger partial charge >= 0.3 is 0 Å². The molecule has 0 radical (unpaired) electrons. The number of amides is 2. The van der Waals surface area contributed by atoms with E-state index in [9.17, 15) is 9.59 Å². The molecule has 3 aliphatic rings. The van der Waals surface area contributed by atoms with Gasteiger partial charge in [-0.3, -0.25) is 9.59 Å². The number of likely N-dealkylation sites (tertiary alicyclic amines) is 2. The summed E-state index contributed by atoms with van der Waals surface area (Å²) in [6, 6.07) is 8.27. The van der Waals surface area contributed by atoms with Crippen LogP contribution in [0.5, 0.6) is 0 Å². The predicted octanol–water partition coefficient (Wildman–Crippen LogP) is -0.257. The molecule has 0 aliphatic carbocycles. The average Bonchev–Trinajstić information content (AvgIpc) is 2.98. The molecule has 2 amide bonds. The maximum atomic E-state index is 13.0. The van der Waals surface area contributed by atoms with Gasteiger partial charge in [0.25, 0.3) is 5.91 Å². The van der Waals surface area contributed by atoms with Gasteiger partial charge in [0.15, 0.2) is 6.04 Å². The first kappa shape index (κ1) is 17.7. The Morgan fingerprint density at radius 2 is 1.54 bits per heavy atom. The molecule has 0 saturated carbocycles. The summed E-state index contributed by atoms with van der Waals surface area (Å²) in [7, 11) is 0. The minimum absolute atomic E-state index is 0.00220. The maximum absolute atomic E-state index is 13.0. The van der Waals surface area contributed by atoms with Gasteiger partial charge in [-0.25, -0.2) is 4.90 Å². The first-order valence-corrected chi connectivity index (χ1v) is 10.3. The highest BCUT2D eigenvalue weighted by Gasteiger charge is 2.47. The third kappa shape index (κ3) is 3.42. The summed E-state index contributed by atoms with van der Waals surface area (Å²) >= 11 is 0. The molecule has 0 bridgehead atoms. The van der Waals surface area contributed by atoms with Crippen molar-refractivity contribution in [3.63, 3.8) is 0 Å². The standard InChI is InChI=1S/C21H29N3O2/c1-16-5-7-18(8-6-16)24-20(25)15-19(21(24)26)23-13-9-17(10-14-23)22-11-3-2-4-12-22/h5-8,17,19H,2-4,9-15H2,1H3/p+2/t19-/m1/s1. The number of hydrogen-bond donors (Lipinski definition) is 2. The Kier molecular flexibility index (Phi) is 5.09. The average molecular weight is 357 g/mol. The Balaban J connectivity index is 1.39. The Bertz CT molecular complexity index is 658. The van der Waals surface area contributed by atoms with Crippen LogP contribution < -0.4 is 14.7 Å². The lowest BCUT2D eigenvalue weighted by atomic mass is 9.98. The molecule has 0 unspecified atom stereocenters. The maximum Gasteiger partial charge on any atom is 0.292 e. The van der Waals surface area contributed by atoms with Crippen molar-refractivity contribution in [2.24, 2.45) is 0 Å². The Hall–Kier alpha value is -1.72. The lowest BCUT2D eigenvalue weighted by molar-refractivity contribution is -0.965. The normalized spacial score (nSPS) is 30.8. The second-order valence-electron chi connectivity index (χ2n) is 8.31. The Morgan fingerprint density at radius 1 is 0.885 bits per heavy atom. The van der Waals surface area contributed by atoms with Crippen LogP contribution in [0, 0.1) is 6.92 Å². The molecule has 1 atom stereocenters. The van der Waals surface area contributed by atoms with Crippen molar-refractivity contribution in [3.8, 4) is 0 Å². The molecule has 5 heteroatoms. The zero-order valence-corrected chi connectivity index (χ0v) is 15.8. The van der Waals surface area contributed by atoms with Gasteiger partial charge in [0.1, 0.15) is 0 Å². The third-order valence-electron chi connectivity index (χ3n) is 6.63. The van der Waals surface area contributed by atoms with Crippen molar-refractivity contribution in [1.29, 1.82) is 0 Å². The van der Waals surface area contributed by atoms with Crippen LogP contribution in [-0.2, 0) is 9.59 Å². The van der Waals surface area contributed by atoms with E-state index in [-0.39, 0.29) is 17.9 Å². The van der Waals surface area contributed by atoms with Gasteiger partial charge in [-0.2, -0.15) is 0 Å². The van der Waals surface area contributed by atoms with E-state index in [4.69, 9.17) is 0 Å². The molecule has 4 rings (SSSR count). The van der Waals surface area contributed by atoms with Crippen molar-refractivity contribution in [2.45, 2.75) is 57.5 Å². The third-order valence-corrected chi connectivity index (χ3v) is 6.63. The Labute approximate surface area is 155 Å². The van der Waals surface area contributed by atoms with E-state index in [1.54, 1.807) is 4.90 Å². The molecular weight excluding hydrogens is 326 g/mol. The SMILES string of the molecule is Cc1ccc(N2C(=O)C[C@@H]([NH+]3CCC([NH+]4CCCCC4)CC3)C2=O)cc1. The number of nitrogens with one attached hydrogen (secondary N) is 2. The van der Waals surface area contributed by atoms with Gasteiger partial charge in [0.2, 0.25) is 5.91 Å². The number of carbonyl (C=O) groups is 2. The van der Waals surface area contributed by atoms with Gasteiger partial charge in [-0.1, -0.05) is 17.7 Å². The zero-order chi connectivity index (χ0) is 18.1. The predicted molar refractivity (Wildman–Crippen MR) is 100 cm³/mol. The number of quaternary nitrogens is 2. The summed E-state index contributed by atoms with van der Waals surface area (Å²) in [5.74, 6) is -0.0437. The molecule has 140 valence electrons. The van der Waals surface area contributed by atoms with Crippen LogP contribution in [-0.4, -0.2) is 50.1 Å². The van der Waals surface area contributed by atoms with Crippen LogP contribution in [0.3, 0.4) is 0 Å². The van der Waals surface area contributed by atoms with Crippen molar-refractivity contribution in [2.75, 3.05) is 31.1 Å². The van der Waals surface area contributed by atoms with E-state index in [1.165, 1.54) is 55.0 Å². The number of piperidine rings is 2. The fourth-order valence-electron chi connectivity index (χ4n) is 5.08. The van der Waals surface area contributed by atoms with E-state index in [0.717, 1.165) is 30.4 Å². The minimum atomic E-state index is -0.180. The fourth-order valence-corrected chi connectivity index (χ4v) is 5.08. The van der Waals surface area contributed by atoms with Crippen LogP contribution in [0.25, 0.3) is 0 Å². The topological polar surface area (TPSA) is 46.3 Å². The number of anilines is 1. The molecule has 1 aromatic carbocycles.